The summed E-state index contributed by atoms with van der Waals surface area (Å²) in [5.74, 6) is 7.15. The van der Waals surface area contributed by atoms with E-state index in [2.05, 4.69) is 11.8 Å². The normalized spacial score (nSPS) is 18.0. The van der Waals surface area contributed by atoms with Gasteiger partial charge in [-0.1, -0.05) is 60.4 Å². The molecule has 0 N–H and O–H groups in total. The van der Waals surface area contributed by atoms with Crippen molar-refractivity contribution in [3.8, 4) is 17.6 Å². The number of para-hydroxylation sites is 1. The monoisotopic (exact) mass is 367 g/mol. The fraction of sp³-hybridized carbons (Fsp3) is 0.160. The third kappa shape index (κ3) is 3.50. The first-order chi connectivity index (χ1) is 13.8. The average molecular weight is 367 g/mol. The second-order valence-corrected chi connectivity index (χ2v) is 6.74. The molecular weight excluding hydrogens is 346 g/mol. The number of carbonyl (C=O) groups is 1. The van der Waals surface area contributed by atoms with Gasteiger partial charge in [0.1, 0.15) is 5.75 Å². The molecule has 0 unspecified atom stereocenters. The molecule has 0 spiro atoms. The van der Waals surface area contributed by atoms with Crippen LogP contribution in [-0.4, -0.2) is 13.0 Å². The van der Waals surface area contributed by atoms with Crippen LogP contribution in [0.2, 0.25) is 0 Å². The van der Waals surface area contributed by atoms with Crippen LogP contribution in [0.25, 0.3) is 0 Å². The van der Waals surface area contributed by atoms with Crippen LogP contribution < -0.4 is 9.64 Å². The summed E-state index contributed by atoms with van der Waals surface area (Å²) in [5, 5.41) is 0. The van der Waals surface area contributed by atoms with Crippen LogP contribution in [0.5, 0.6) is 5.75 Å². The van der Waals surface area contributed by atoms with E-state index in [-0.39, 0.29) is 17.9 Å². The quantitative estimate of drug-likeness (QED) is 0.488. The topological polar surface area (TPSA) is 29.5 Å². The molecule has 1 saturated heterocycles. The Morgan fingerprint density at radius 2 is 1.54 bits per heavy atom. The molecule has 0 aliphatic carbocycles. The summed E-state index contributed by atoms with van der Waals surface area (Å²) in [6, 6.07) is 27.6. The summed E-state index contributed by atoms with van der Waals surface area (Å²) in [6.07, 6.45) is 0.535. The zero-order valence-electron chi connectivity index (χ0n) is 15.7. The first-order valence-electron chi connectivity index (χ1n) is 9.34. The third-order valence-electron chi connectivity index (χ3n) is 5.03. The highest BCUT2D eigenvalue weighted by molar-refractivity contribution is 6.03. The van der Waals surface area contributed by atoms with Gasteiger partial charge < -0.3 is 9.64 Å². The van der Waals surface area contributed by atoms with Crippen LogP contribution in [0.15, 0.2) is 84.9 Å². The lowest BCUT2D eigenvalue weighted by Gasteiger charge is -2.47. The van der Waals surface area contributed by atoms with Crippen LogP contribution in [0.4, 0.5) is 5.69 Å². The predicted molar refractivity (Wildman–Crippen MR) is 111 cm³/mol. The summed E-state index contributed by atoms with van der Waals surface area (Å²) in [6.45, 7) is 0. The molecule has 2 atom stereocenters. The minimum atomic E-state index is -0.148. The van der Waals surface area contributed by atoms with Gasteiger partial charge in [0.25, 0.3) is 0 Å². The minimum absolute atomic E-state index is 0.0223. The van der Waals surface area contributed by atoms with Crippen LogP contribution >= 0.6 is 0 Å². The molecule has 1 aliphatic rings. The third-order valence-corrected chi connectivity index (χ3v) is 5.03. The maximum atomic E-state index is 12.9. The SMILES string of the molecule is COc1ccc([C@@H]2[C@@H](CC#Cc3ccccc3)C(=O)N2c2ccccc2)cc1. The molecule has 138 valence electrons. The molecule has 1 amide bonds. The van der Waals surface area contributed by atoms with Crippen LogP contribution in [0.1, 0.15) is 23.6 Å². The molecule has 0 bridgehead atoms. The number of methoxy groups -OCH3 is 1. The van der Waals surface area contributed by atoms with Crippen molar-refractivity contribution in [1.82, 2.24) is 0 Å². The van der Waals surface area contributed by atoms with Crippen molar-refractivity contribution >= 4 is 11.6 Å². The fourth-order valence-electron chi connectivity index (χ4n) is 3.59. The van der Waals surface area contributed by atoms with E-state index in [1.807, 2.05) is 89.8 Å². The van der Waals surface area contributed by atoms with Gasteiger partial charge in [-0.3, -0.25) is 4.79 Å². The second-order valence-electron chi connectivity index (χ2n) is 6.74. The van der Waals surface area contributed by atoms with E-state index >= 15 is 0 Å². The summed E-state index contributed by atoms with van der Waals surface area (Å²) in [7, 11) is 1.65. The summed E-state index contributed by atoms with van der Waals surface area (Å²) < 4.78 is 5.27. The fourth-order valence-corrected chi connectivity index (χ4v) is 3.59. The van der Waals surface area contributed by atoms with E-state index in [0.29, 0.717) is 6.42 Å². The van der Waals surface area contributed by atoms with E-state index in [0.717, 1.165) is 22.6 Å². The molecule has 3 nitrogen and oxygen atoms in total. The average Bonchev–Trinajstić information content (AvgIpc) is 2.76. The van der Waals surface area contributed by atoms with Crippen LogP contribution in [-0.2, 0) is 4.79 Å². The Hall–Kier alpha value is -3.51. The summed E-state index contributed by atoms with van der Waals surface area (Å²) >= 11 is 0. The molecule has 4 rings (SSSR count). The smallest absolute Gasteiger partial charge is 0.234 e. The van der Waals surface area contributed by atoms with Crippen molar-refractivity contribution in [2.24, 2.45) is 5.92 Å². The zero-order chi connectivity index (χ0) is 19.3. The van der Waals surface area contributed by atoms with Gasteiger partial charge in [0.15, 0.2) is 0 Å². The maximum absolute atomic E-state index is 12.9. The molecule has 1 heterocycles. The van der Waals surface area contributed by atoms with E-state index in [9.17, 15) is 4.79 Å². The molecule has 1 aliphatic heterocycles. The molecule has 1 fully saturated rings. The Bertz CT molecular complexity index is 1000. The number of β-lactam (4-membered cyclic amide) rings is 1. The Kier molecular flexibility index (Phi) is 5.12. The van der Waals surface area contributed by atoms with E-state index < -0.39 is 0 Å². The predicted octanol–water partition coefficient (Wildman–Crippen LogP) is 4.84. The standard InChI is InChI=1S/C25H21NO2/c1-28-22-17-15-20(16-18-22)24-23(14-8-11-19-9-4-2-5-10-19)25(27)26(24)21-12-6-3-7-13-21/h2-7,9-10,12-13,15-18,23-24H,14H2,1H3/t23-,24-/m1/s1. The maximum Gasteiger partial charge on any atom is 0.234 e. The van der Waals surface area contributed by atoms with E-state index in [4.69, 9.17) is 4.74 Å². The van der Waals surface area contributed by atoms with Gasteiger partial charge in [-0.15, -0.1) is 0 Å². The molecule has 3 heteroatoms. The van der Waals surface area contributed by atoms with Gasteiger partial charge in [-0.05, 0) is 42.0 Å². The lowest BCUT2D eigenvalue weighted by atomic mass is 9.80. The first-order valence-corrected chi connectivity index (χ1v) is 9.34. The zero-order valence-corrected chi connectivity index (χ0v) is 15.7. The number of rotatable bonds is 4. The molecular formula is C25H21NO2. The van der Waals surface area contributed by atoms with E-state index in [1.165, 1.54) is 0 Å². The summed E-state index contributed by atoms with van der Waals surface area (Å²) in [5.41, 5.74) is 2.98. The van der Waals surface area contributed by atoms with Gasteiger partial charge in [0.05, 0.1) is 19.1 Å². The number of carbonyl (C=O) groups excluding carboxylic acids is 1. The van der Waals surface area contributed by atoms with Crippen molar-refractivity contribution in [2.45, 2.75) is 12.5 Å². The van der Waals surface area contributed by atoms with Crippen LogP contribution in [0, 0.1) is 17.8 Å². The lowest BCUT2D eigenvalue weighted by Crippen LogP contribution is -2.55. The largest absolute Gasteiger partial charge is 0.497 e. The van der Waals surface area contributed by atoms with E-state index in [1.54, 1.807) is 7.11 Å². The number of benzene rings is 3. The molecule has 3 aromatic carbocycles. The number of hydrogen-bond acceptors (Lipinski definition) is 2. The second kappa shape index (κ2) is 8.02. The molecule has 28 heavy (non-hydrogen) atoms. The number of ether oxygens (including phenoxy) is 1. The van der Waals surface area contributed by atoms with Crippen molar-refractivity contribution in [3.05, 3.63) is 96.1 Å². The number of amides is 1. The van der Waals surface area contributed by atoms with Gasteiger partial charge in [-0.25, -0.2) is 0 Å². The highest BCUT2D eigenvalue weighted by Gasteiger charge is 2.48. The van der Waals surface area contributed by atoms with Gasteiger partial charge in [0, 0.05) is 17.7 Å². The van der Waals surface area contributed by atoms with Gasteiger partial charge in [0.2, 0.25) is 5.91 Å². The minimum Gasteiger partial charge on any atom is -0.497 e. The Labute approximate surface area is 165 Å². The number of nitrogens with zero attached hydrogens (tertiary/aromatic N) is 1. The molecule has 3 aromatic rings. The van der Waals surface area contributed by atoms with Crippen molar-refractivity contribution in [1.29, 1.82) is 0 Å². The van der Waals surface area contributed by atoms with Crippen molar-refractivity contribution < 1.29 is 9.53 Å². The lowest BCUT2D eigenvalue weighted by molar-refractivity contribution is -0.130. The highest BCUT2D eigenvalue weighted by atomic mass is 16.5. The molecule has 0 saturated carbocycles. The summed E-state index contributed by atoms with van der Waals surface area (Å²) in [4.78, 5) is 14.8. The first kappa shape index (κ1) is 17.9. The number of anilines is 1. The molecule has 0 radical (unpaired) electrons. The Morgan fingerprint density at radius 1 is 0.893 bits per heavy atom. The van der Waals surface area contributed by atoms with Crippen LogP contribution in [0.3, 0.4) is 0 Å². The van der Waals surface area contributed by atoms with Crippen molar-refractivity contribution in [3.63, 3.8) is 0 Å². The molecule has 0 aromatic heterocycles. The Morgan fingerprint density at radius 3 is 2.18 bits per heavy atom. The number of hydrogen-bond donors (Lipinski definition) is 0. The highest BCUT2D eigenvalue weighted by Crippen LogP contribution is 2.45. The van der Waals surface area contributed by atoms with Crippen molar-refractivity contribution in [2.75, 3.05) is 12.0 Å². The Balaban J connectivity index is 1.61. The van der Waals surface area contributed by atoms with Gasteiger partial charge in [-0.2, -0.15) is 0 Å². The van der Waals surface area contributed by atoms with Gasteiger partial charge >= 0.3 is 0 Å².